The van der Waals surface area contributed by atoms with Gasteiger partial charge in [-0.05, 0) is 46.6 Å². The largest absolute Gasteiger partial charge is 0.477 e. The summed E-state index contributed by atoms with van der Waals surface area (Å²) in [4.78, 5) is 14.4. The van der Waals surface area contributed by atoms with Crippen LogP contribution in [-0.2, 0) is 10.0 Å². The van der Waals surface area contributed by atoms with Gasteiger partial charge < -0.3 is 5.11 Å². The molecule has 9 heteroatoms. The van der Waals surface area contributed by atoms with Gasteiger partial charge in [0.1, 0.15) is 9.90 Å². The van der Waals surface area contributed by atoms with Gasteiger partial charge in [-0.2, -0.15) is 0 Å². The number of nitrogens with one attached hydrogen (secondary N) is 1. The van der Waals surface area contributed by atoms with Crippen LogP contribution < -0.4 is 4.72 Å². The minimum Gasteiger partial charge on any atom is -0.477 e. The highest BCUT2D eigenvalue weighted by atomic mass is 79.9. The molecule has 2 heterocycles. The second-order valence-electron chi connectivity index (χ2n) is 3.86. The van der Waals surface area contributed by atoms with Gasteiger partial charge in [0, 0.05) is 6.20 Å². The first kappa shape index (κ1) is 14.9. The number of rotatable bonds is 4. The molecular formula is C11H9BrN2O4S2. The fourth-order valence-electron chi connectivity index (χ4n) is 1.38. The zero-order valence-corrected chi connectivity index (χ0v) is 13.3. The number of nitrogens with zero attached hydrogens (tertiary/aromatic N) is 1. The molecule has 2 aromatic rings. The summed E-state index contributed by atoms with van der Waals surface area (Å²) in [5, 5.41) is 8.82. The summed E-state index contributed by atoms with van der Waals surface area (Å²) in [6.07, 6.45) is 1.23. The molecule has 0 amide bonds. The minimum absolute atomic E-state index is 0.149. The van der Waals surface area contributed by atoms with E-state index in [1.807, 2.05) is 0 Å². The zero-order chi connectivity index (χ0) is 14.9. The van der Waals surface area contributed by atoms with Crippen LogP contribution in [-0.4, -0.2) is 24.5 Å². The van der Waals surface area contributed by atoms with Gasteiger partial charge in [0.05, 0.1) is 9.47 Å². The third-order valence-corrected chi connectivity index (χ3v) is 6.32. The molecule has 2 N–H and O–H groups in total. The number of aromatic nitrogens is 1. The lowest BCUT2D eigenvalue weighted by molar-refractivity contribution is 0.0690. The number of sulfonamides is 1. The molecule has 0 radical (unpaired) electrons. The van der Waals surface area contributed by atoms with Crippen LogP contribution in [0.25, 0.3) is 0 Å². The molecule has 0 saturated carbocycles. The number of pyridine rings is 1. The SMILES string of the molecule is Cc1cc(S(=O)(=O)Nc2ccnc(C(=O)O)c2)sc1Br. The van der Waals surface area contributed by atoms with Crippen LogP contribution in [0.3, 0.4) is 0 Å². The molecular weight excluding hydrogens is 368 g/mol. The molecule has 0 atom stereocenters. The molecule has 106 valence electrons. The number of hydrogen-bond donors (Lipinski definition) is 2. The molecule has 0 unspecified atom stereocenters. The highest BCUT2D eigenvalue weighted by Gasteiger charge is 2.19. The Kier molecular flexibility index (Phi) is 4.11. The van der Waals surface area contributed by atoms with Crippen molar-refractivity contribution in [2.24, 2.45) is 0 Å². The van der Waals surface area contributed by atoms with Crippen LogP contribution in [0.2, 0.25) is 0 Å². The first-order valence-electron chi connectivity index (χ1n) is 5.28. The standard InChI is InChI=1S/C11H9BrN2O4S2/c1-6-4-9(19-10(6)12)20(17,18)14-7-2-3-13-8(5-7)11(15)16/h2-5H,1H3,(H,13,14)(H,15,16). The van der Waals surface area contributed by atoms with Crippen molar-refractivity contribution in [2.45, 2.75) is 11.1 Å². The Labute approximate surface area is 127 Å². The molecule has 0 aliphatic rings. The minimum atomic E-state index is -3.74. The zero-order valence-electron chi connectivity index (χ0n) is 10.1. The smallest absolute Gasteiger partial charge is 0.354 e. The molecule has 0 aromatic carbocycles. The highest BCUT2D eigenvalue weighted by molar-refractivity contribution is 9.11. The van der Waals surface area contributed by atoms with Crippen molar-refractivity contribution in [2.75, 3.05) is 4.72 Å². The van der Waals surface area contributed by atoms with E-state index < -0.39 is 16.0 Å². The van der Waals surface area contributed by atoms with Crippen LogP contribution in [0.15, 0.2) is 32.4 Å². The molecule has 0 spiro atoms. The summed E-state index contributed by atoms with van der Waals surface area (Å²) in [5.41, 5.74) is 0.740. The maximum Gasteiger partial charge on any atom is 0.354 e. The first-order chi connectivity index (χ1) is 9.29. The molecule has 2 rings (SSSR count). The Morgan fingerprint density at radius 1 is 1.45 bits per heavy atom. The maximum atomic E-state index is 12.2. The maximum absolute atomic E-state index is 12.2. The Morgan fingerprint density at radius 3 is 2.70 bits per heavy atom. The van der Waals surface area contributed by atoms with E-state index >= 15 is 0 Å². The number of anilines is 1. The van der Waals surface area contributed by atoms with Gasteiger partial charge in [0.25, 0.3) is 10.0 Å². The number of carboxylic acids is 1. The summed E-state index contributed by atoms with van der Waals surface area (Å²) in [6.45, 7) is 1.79. The predicted molar refractivity (Wildman–Crippen MR) is 78.8 cm³/mol. The first-order valence-corrected chi connectivity index (χ1v) is 8.37. The number of halogens is 1. The summed E-state index contributed by atoms with van der Waals surface area (Å²) in [6, 6.07) is 4.09. The van der Waals surface area contributed by atoms with Crippen molar-refractivity contribution in [1.82, 2.24) is 4.98 Å². The van der Waals surface area contributed by atoms with Crippen LogP contribution in [0.4, 0.5) is 5.69 Å². The van der Waals surface area contributed by atoms with Gasteiger partial charge >= 0.3 is 5.97 Å². The van der Waals surface area contributed by atoms with E-state index in [-0.39, 0.29) is 15.6 Å². The molecule has 0 saturated heterocycles. The summed E-state index contributed by atoms with van der Waals surface area (Å²) < 4.78 is 27.5. The molecule has 20 heavy (non-hydrogen) atoms. The third-order valence-electron chi connectivity index (χ3n) is 2.33. The number of carbonyl (C=O) groups is 1. The van der Waals surface area contributed by atoms with Crippen LogP contribution >= 0.6 is 27.3 Å². The van der Waals surface area contributed by atoms with Gasteiger partial charge in [-0.15, -0.1) is 11.3 Å². The fraction of sp³-hybridized carbons (Fsp3) is 0.0909. The second-order valence-corrected chi connectivity index (χ2v) is 8.14. The van der Waals surface area contributed by atoms with E-state index in [0.717, 1.165) is 26.8 Å². The third kappa shape index (κ3) is 3.17. The summed E-state index contributed by atoms with van der Waals surface area (Å²) >= 11 is 4.35. The van der Waals surface area contributed by atoms with E-state index in [1.54, 1.807) is 6.92 Å². The second kappa shape index (κ2) is 5.51. The van der Waals surface area contributed by atoms with Gasteiger partial charge in [-0.25, -0.2) is 18.2 Å². The van der Waals surface area contributed by atoms with Crippen molar-refractivity contribution in [3.05, 3.63) is 39.4 Å². The van der Waals surface area contributed by atoms with Crippen molar-refractivity contribution >= 4 is 48.9 Å². The molecule has 0 aliphatic heterocycles. The Bertz CT molecular complexity index is 751. The molecule has 6 nitrogen and oxygen atoms in total. The molecule has 0 bridgehead atoms. The number of hydrogen-bond acceptors (Lipinski definition) is 5. The van der Waals surface area contributed by atoms with Crippen molar-refractivity contribution in [1.29, 1.82) is 0 Å². The van der Waals surface area contributed by atoms with Crippen LogP contribution in [0.5, 0.6) is 0 Å². The average molecular weight is 377 g/mol. The van der Waals surface area contributed by atoms with Gasteiger partial charge in [-0.1, -0.05) is 0 Å². The topological polar surface area (TPSA) is 96.4 Å². The lowest BCUT2D eigenvalue weighted by atomic mass is 10.3. The summed E-state index contributed by atoms with van der Waals surface area (Å²) in [5.74, 6) is -1.22. The number of carboxylic acid groups (broad SMARTS) is 1. The predicted octanol–water partition coefficient (Wildman–Crippen LogP) is 2.71. The average Bonchev–Trinajstić information content (AvgIpc) is 2.70. The summed E-state index contributed by atoms with van der Waals surface area (Å²) in [7, 11) is -3.74. The van der Waals surface area contributed by atoms with E-state index in [2.05, 4.69) is 25.6 Å². The van der Waals surface area contributed by atoms with Gasteiger partial charge in [0.2, 0.25) is 0 Å². The highest BCUT2D eigenvalue weighted by Crippen LogP contribution is 2.31. The number of aromatic carboxylic acids is 1. The van der Waals surface area contributed by atoms with E-state index in [1.165, 1.54) is 18.3 Å². The van der Waals surface area contributed by atoms with Crippen LogP contribution in [0.1, 0.15) is 16.1 Å². The van der Waals surface area contributed by atoms with E-state index in [9.17, 15) is 13.2 Å². The molecule has 2 aromatic heterocycles. The number of aryl methyl sites for hydroxylation is 1. The normalized spacial score (nSPS) is 11.3. The molecule has 0 fully saturated rings. The Morgan fingerprint density at radius 2 is 2.15 bits per heavy atom. The monoisotopic (exact) mass is 376 g/mol. The van der Waals surface area contributed by atoms with E-state index in [0.29, 0.717) is 0 Å². The van der Waals surface area contributed by atoms with Crippen molar-refractivity contribution in [3.8, 4) is 0 Å². The van der Waals surface area contributed by atoms with Crippen molar-refractivity contribution < 1.29 is 18.3 Å². The number of thiophene rings is 1. The lowest BCUT2D eigenvalue weighted by Gasteiger charge is -2.06. The Balaban J connectivity index is 2.33. The Hall–Kier alpha value is -1.45. The van der Waals surface area contributed by atoms with Crippen LogP contribution in [0, 0.1) is 6.92 Å². The van der Waals surface area contributed by atoms with E-state index in [4.69, 9.17) is 5.11 Å². The van der Waals surface area contributed by atoms with Crippen molar-refractivity contribution in [3.63, 3.8) is 0 Å². The van der Waals surface area contributed by atoms with Gasteiger partial charge in [0.15, 0.2) is 0 Å². The quantitative estimate of drug-likeness (QED) is 0.854. The molecule has 0 aliphatic carbocycles. The lowest BCUT2D eigenvalue weighted by Crippen LogP contribution is -2.12. The fourth-order valence-corrected chi connectivity index (χ4v) is 4.66. The van der Waals surface area contributed by atoms with Gasteiger partial charge in [-0.3, -0.25) is 4.72 Å².